The second-order valence-electron chi connectivity index (χ2n) is 7.53. The molecule has 0 saturated carbocycles. The van der Waals surface area contributed by atoms with Gasteiger partial charge in [-0.25, -0.2) is 0 Å². The Morgan fingerprint density at radius 3 is 2.43 bits per heavy atom. The van der Waals surface area contributed by atoms with Gasteiger partial charge < -0.3 is 14.2 Å². The maximum absolute atomic E-state index is 12.8. The first-order valence-electron chi connectivity index (χ1n) is 11.1. The number of carbonyl (C=O) groups is 2. The third kappa shape index (κ3) is 6.38. The van der Waals surface area contributed by atoms with Gasteiger partial charge in [0.15, 0.2) is 11.5 Å². The molecule has 0 radical (unpaired) electrons. The van der Waals surface area contributed by atoms with Crippen LogP contribution < -0.4 is 14.2 Å². The average Bonchev–Trinajstić information content (AvgIpc) is 3.13. The highest BCUT2D eigenvalue weighted by Crippen LogP contribution is 2.35. The van der Waals surface area contributed by atoms with Gasteiger partial charge in [0.25, 0.3) is 11.1 Å². The summed E-state index contributed by atoms with van der Waals surface area (Å²) in [7, 11) is 0. The van der Waals surface area contributed by atoms with Gasteiger partial charge in [0.1, 0.15) is 19.0 Å². The summed E-state index contributed by atoms with van der Waals surface area (Å²) >= 11 is 6.98. The molecule has 8 heteroatoms. The molecule has 1 heterocycles. The molecule has 1 saturated heterocycles. The quantitative estimate of drug-likeness (QED) is 0.293. The van der Waals surface area contributed by atoms with E-state index in [9.17, 15) is 9.59 Å². The summed E-state index contributed by atoms with van der Waals surface area (Å²) in [5.41, 5.74) is 1.78. The highest BCUT2D eigenvalue weighted by atomic mass is 35.5. The Bertz CT molecular complexity index is 1230. The SMILES string of the molecule is CCOc1cc(/C=C2\SC(=O)N(CCOc3ccccc3Cl)C2=O)ccc1OCc1ccccc1. The molecule has 180 valence electrons. The first kappa shape index (κ1) is 24.7. The average molecular weight is 510 g/mol. The van der Waals surface area contributed by atoms with Crippen LogP contribution in [0.3, 0.4) is 0 Å². The van der Waals surface area contributed by atoms with Crippen molar-refractivity contribution in [2.45, 2.75) is 13.5 Å². The molecular formula is C27H24ClNO5S. The molecule has 1 fully saturated rings. The number of thioether (sulfide) groups is 1. The van der Waals surface area contributed by atoms with Gasteiger partial charge in [0.05, 0.1) is 23.1 Å². The predicted octanol–water partition coefficient (Wildman–Crippen LogP) is 6.43. The number of para-hydroxylation sites is 1. The van der Waals surface area contributed by atoms with Crippen LogP contribution in [0, 0.1) is 0 Å². The zero-order valence-electron chi connectivity index (χ0n) is 19.1. The Morgan fingerprint density at radius 1 is 0.886 bits per heavy atom. The number of ether oxygens (including phenoxy) is 3. The van der Waals surface area contributed by atoms with Gasteiger partial charge in [-0.1, -0.05) is 60.1 Å². The number of benzene rings is 3. The van der Waals surface area contributed by atoms with E-state index in [-0.39, 0.29) is 24.3 Å². The molecule has 3 aromatic rings. The summed E-state index contributed by atoms with van der Waals surface area (Å²) in [6, 6.07) is 22.4. The van der Waals surface area contributed by atoms with Crippen LogP contribution in [-0.2, 0) is 11.4 Å². The molecule has 0 N–H and O–H groups in total. The lowest BCUT2D eigenvalue weighted by molar-refractivity contribution is -0.123. The second kappa shape index (κ2) is 11.8. The lowest BCUT2D eigenvalue weighted by atomic mass is 10.1. The molecule has 0 atom stereocenters. The minimum absolute atomic E-state index is 0.129. The van der Waals surface area contributed by atoms with E-state index in [1.165, 1.54) is 4.90 Å². The molecular weight excluding hydrogens is 486 g/mol. The highest BCUT2D eigenvalue weighted by Gasteiger charge is 2.34. The van der Waals surface area contributed by atoms with Crippen molar-refractivity contribution < 1.29 is 23.8 Å². The fourth-order valence-corrected chi connectivity index (χ4v) is 4.45. The van der Waals surface area contributed by atoms with E-state index in [2.05, 4.69) is 0 Å². The Labute approximate surface area is 213 Å². The van der Waals surface area contributed by atoms with Crippen LogP contribution in [0.5, 0.6) is 17.2 Å². The van der Waals surface area contributed by atoms with Crippen LogP contribution in [0.25, 0.3) is 6.08 Å². The van der Waals surface area contributed by atoms with Crippen molar-refractivity contribution in [3.05, 3.63) is 93.9 Å². The van der Waals surface area contributed by atoms with Gasteiger partial charge >= 0.3 is 0 Å². The van der Waals surface area contributed by atoms with Gasteiger partial charge in [0.2, 0.25) is 0 Å². The molecule has 0 aliphatic carbocycles. The smallest absolute Gasteiger partial charge is 0.293 e. The summed E-state index contributed by atoms with van der Waals surface area (Å²) in [4.78, 5) is 26.8. The lowest BCUT2D eigenvalue weighted by Gasteiger charge is -2.14. The third-order valence-corrected chi connectivity index (χ3v) is 6.30. The minimum Gasteiger partial charge on any atom is -0.490 e. The minimum atomic E-state index is -0.356. The molecule has 0 bridgehead atoms. The van der Waals surface area contributed by atoms with Crippen LogP contribution in [-0.4, -0.2) is 35.8 Å². The van der Waals surface area contributed by atoms with Crippen molar-refractivity contribution in [2.24, 2.45) is 0 Å². The van der Waals surface area contributed by atoms with Crippen molar-refractivity contribution >= 4 is 40.6 Å². The number of rotatable bonds is 10. The number of halogens is 1. The molecule has 4 rings (SSSR count). The number of hydrogen-bond donors (Lipinski definition) is 0. The first-order chi connectivity index (χ1) is 17.0. The Hall–Kier alpha value is -3.42. The van der Waals surface area contributed by atoms with Crippen LogP contribution in [0.4, 0.5) is 4.79 Å². The maximum atomic E-state index is 12.8. The summed E-state index contributed by atoms with van der Waals surface area (Å²) in [5.74, 6) is 1.34. The zero-order valence-corrected chi connectivity index (χ0v) is 20.7. The number of imide groups is 1. The molecule has 3 aromatic carbocycles. The topological polar surface area (TPSA) is 65.1 Å². The van der Waals surface area contributed by atoms with Crippen LogP contribution in [0.2, 0.25) is 5.02 Å². The van der Waals surface area contributed by atoms with Gasteiger partial charge in [0, 0.05) is 0 Å². The molecule has 1 aliphatic heterocycles. The molecule has 0 spiro atoms. The number of hydrogen-bond acceptors (Lipinski definition) is 6. The van der Waals surface area contributed by atoms with Crippen LogP contribution in [0.1, 0.15) is 18.1 Å². The van der Waals surface area contributed by atoms with Gasteiger partial charge in [-0.3, -0.25) is 14.5 Å². The fraction of sp³-hybridized carbons (Fsp3) is 0.185. The van der Waals surface area contributed by atoms with E-state index in [1.807, 2.05) is 43.3 Å². The summed E-state index contributed by atoms with van der Waals surface area (Å²) in [6.07, 6.45) is 1.68. The van der Waals surface area contributed by atoms with Crippen LogP contribution >= 0.6 is 23.4 Å². The van der Waals surface area contributed by atoms with E-state index in [4.69, 9.17) is 25.8 Å². The summed E-state index contributed by atoms with van der Waals surface area (Å²) in [5, 5.41) is 0.139. The van der Waals surface area contributed by atoms with Crippen LogP contribution in [0.15, 0.2) is 77.7 Å². The van der Waals surface area contributed by atoms with Gasteiger partial charge in [-0.15, -0.1) is 0 Å². The zero-order chi connectivity index (χ0) is 24.6. The van der Waals surface area contributed by atoms with Crippen molar-refractivity contribution in [1.29, 1.82) is 0 Å². The van der Waals surface area contributed by atoms with Crippen molar-refractivity contribution in [3.63, 3.8) is 0 Å². The lowest BCUT2D eigenvalue weighted by Crippen LogP contribution is -2.32. The number of nitrogens with zero attached hydrogens (tertiary/aromatic N) is 1. The summed E-state index contributed by atoms with van der Waals surface area (Å²) < 4.78 is 17.3. The fourth-order valence-electron chi connectivity index (χ4n) is 3.39. The van der Waals surface area contributed by atoms with E-state index in [0.717, 1.165) is 22.9 Å². The molecule has 35 heavy (non-hydrogen) atoms. The molecule has 0 aromatic heterocycles. The molecule has 6 nitrogen and oxygen atoms in total. The second-order valence-corrected chi connectivity index (χ2v) is 8.93. The maximum Gasteiger partial charge on any atom is 0.293 e. The van der Waals surface area contributed by atoms with E-state index >= 15 is 0 Å². The molecule has 0 unspecified atom stereocenters. The van der Waals surface area contributed by atoms with E-state index in [0.29, 0.717) is 40.4 Å². The van der Waals surface area contributed by atoms with E-state index in [1.54, 1.807) is 42.5 Å². The predicted molar refractivity (Wildman–Crippen MR) is 138 cm³/mol. The Balaban J connectivity index is 1.42. The van der Waals surface area contributed by atoms with Gasteiger partial charge in [-0.05, 0) is 60.2 Å². The normalized spacial score (nSPS) is 14.5. The monoisotopic (exact) mass is 509 g/mol. The standard InChI is InChI=1S/C27H24ClNO5S/c1-2-32-24-16-20(12-13-23(24)34-18-19-8-4-3-5-9-19)17-25-26(30)29(27(31)35-25)14-15-33-22-11-7-6-10-21(22)28/h3-13,16-17H,2,14-15,18H2,1H3/b25-17-. The first-order valence-corrected chi connectivity index (χ1v) is 12.3. The van der Waals surface area contributed by atoms with Gasteiger partial charge in [-0.2, -0.15) is 0 Å². The Morgan fingerprint density at radius 2 is 1.66 bits per heavy atom. The van der Waals surface area contributed by atoms with Crippen molar-refractivity contribution in [2.75, 3.05) is 19.8 Å². The van der Waals surface area contributed by atoms with E-state index < -0.39 is 0 Å². The van der Waals surface area contributed by atoms with Crippen molar-refractivity contribution in [3.8, 4) is 17.2 Å². The molecule has 1 aliphatic rings. The molecule has 2 amide bonds. The summed E-state index contributed by atoms with van der Waals surface area (Å²) in [6.45, 7) is 3.05. The highest BCUT2D eigenvalue weighted by molar-refractivity contribution is 8.18. The van der Waals surface area contributed by atoms with Crippen molar-refractivity contribution in [1.82, 2.24) is 4.90 Å². The number of amides is 2. The largest absolute Gasteiger partial charge is 0.490 e. The third-order valence-electron chi connectivity index (χ3n) is 5.09. The number of carbonyl (C=O) groups excluding carboxylic acids is 2. The Kier molecular flexibility index (Phi) is 8.34.